The van der Waals surface area contributed by atoms with Crippen molar-refractivity contribution in [1.82, 2.24) is 4.90 Å². The van der Waals surface area contributed by atoms with E-state index in [-0.39, 0.29) is 6.04 Å². The molecular formula is C15H26N2S. The molecule has 0 aromatic carbocycles. The topological polar surface area (TPSA) is 29.3 Å². The van der Waals surface area contributed by atoms with E-state index < -0.39 is 0 Å². The zero-order valence-electron chi connectivity index (χ0n) is 11.8. The fraction of sp³-hybridized carbons (Fsp3) is 0.733. The van der Waals surface area contributed by atoms with Gasteiger partial charge in [-0.15, -0.1) is 11.3 Å². The Balaban J connectivity index is 2.14. The summed E-state index contributed by atoms with van der Waals surface area (Å²) in [6.07, 6.45) is 2.35. The van der Waals surface area contributed by atoms with Crippen LogP contribution in [-0.2, 0) is 0 Å². The molecule has 0 radical (unpaired) electrons. The molecule has 0 aliphatic carbocycles. The summed E-state index contributed by atoms with van der Waals surface area (Å²) < 4.78 is 0. The van der Waals surface area contributed by atoms with Crippen molar-refractivity contribution in [1.29, 1.82) is 0 Å². The molecule has 18 heavy (non-hydrogen) atoms. The van der Waals surface area contributed by atoms with Crippen molar-refractivity contribution in [3.05, 3.63) is 22.4 Å². The van der Waals surface area contributed by atoms with Gasteiger partial charge in [0.25, 0.3) is 0 Å². The van der Waals surface area contributed by atoms with E-state index in [4.69, 9.17) is 5.73 Å². The summed E-state index contributed by atoms with van der Waals surface area (Å²) in [4.78, 5) is 4.05. The third kappa shape index (κ3) is 2.95. The monoisotopic (exact) mass is 266 g/mol. The van der Waals surface area contributed by atoms with Crippen molar-refractivity contribution < 1.29 is 0 Å². The summed E-state index contributed by atoms with van der Waals surface area (Å²) >= 11 is 1.85. The number of piperidine rings is 1. The molecule has 0 amide bonds. The van der Waals surface area contributed by atoms with E-state index in [9.17, 15) is 0 Å². The largest absolute Gasteiger partial charge is 0.326 e. The first kappa shape index (κ1) is 14.0. The number of nitrogens with zero attached hydrogens (tertiary/aromatic N) is 1. The van der Waals surface area contributed by atoms with Crippen LogP contribution in [0.3, 0.4) is 0 Å². The van der Waals surface area contributed by atoms with Crippen LogP contribution < -0.4 is 5.73 Å². The average Bonchev–Trinajstić information content (AvgIpc) is 2.87. The molecule has 1 saturated heterocycles. The van der Waals surface area contributed by atoms with E-state index in [1.54, 1.807) is 0 Å². The Hall–Kier alpha value is -0.380. The molecule has 4 atom stereocenters. The van der Waals surface area contributed by atoms with Crippen molar-refractivity contribution in [3.63, 3.8) is 0 Å². The molecule has 0 bridgehead atoms. The molecule has 2 N–H and O–H groups in total. The molecule has 0 saturated carbocycles. The van der Waals surface area contributed by atoms with E-state index in [1.165, 1.54) is 24.4 Å². The third-order valence-electron chi connectivity index (χ3n) is 4.47. The average molecular weight is 266 g/mol. The van der Waals surface area contributed by atoms with E-state index in [2.05, 4.69) is 43.2 Å². The van der Waals surface area contributed by atoms with E-state index in [0.717, 1.165) is 18.3 Å². The maximum Gasteiger partial charge on any atom is 0.0593 e. The van der Waals surface area contributed by atoms with Crippen molar-refractivity contribution in [3.8, 4) is 0 Å². The van der Waals surface area contributed by atoms with Gasteiger partial charge in [0.05, 0.1) is 6.04 Å². The van der Waals surface area contributed by atoms with Gasteiger partial charge in [-0.1, -0.05) is 26.8 Å². The maximum atomic E-state index is 6.38. The molecule has 102 valence electrons. The minimum absolute atomic E-state index is 0.254. The van der Waals surface area contributed by atoms with Gasteiger partial charge in [0, 0.05) is 17.5 Å². The molecule has 1 fully saturated rings. The van der Waals surface area contributed by atoms with Crippen molar-refractivity contribution >= 4 is 11.3 Å². The standard InChI is InChI=1S/C15H26N2S/c1-4-13(16)15(14-6-5-9-18-14)17-8-7-11(2)12(3)10-17/h5-6,9,11-13,15H,4,7-8,10,16H2,1-3H3. The Bertz CT molecular complexity index is 349. The number of rotatable bonds is 4. The summed E-state index contributed by atoms with van der Waals surface area (Å²) in [6, 6.07) is 5.06. The number of hydrogen-bond donors (Lipinski definition) is 1. The van der Waals surface area contributed by atoms with Crippen LogP contribution in [0.5, 0.6) is 0 Å². The van der Waals surface area contributed by atoms with Crippen LogP contribution >= 0.6 is 11.3 Å². The van der Waals surface area contributed by atoms with Gasteiger partial charge in [-0.3, -0.25) is 4.90 Å². The number of nitrogens with two attached hydrogens (primary N) is 1. The van der Waals surface area contributed by atoms with E-state index in [1.807, 2.05) is 11.3 Å². The second-order valence-corrected chi connectivity index (χ2v) is 6.75. The Morgan fingerprint density at radius 1 is 1.44 bits per heavy atom. The molecule has 3 heteroatoms. The van der Waals surface area contributed by atoms with Gasteiger partial charge in [0.15, 0.2) is 0 Å². The summed E-state index contributed by atoms with van der Waals surface area (Å²) in [7, 11) is 0. The molecule has 2 rings (SSSR count). The van der Waals surface area contributed by atoms with Crippen molar-refractivity contribution in [2.45, 2.75) is 45.7 Å². The van der Waals surface area contributed by atoms with Gasteiger partial charge < -0.3 is 5.73 Å². The first-order valence-electron chi connectivity index (χ1n) is 7.16. The van der Waals surface area contributed by atoms with Crippen LogP contribution in [0.15, 0.2) is 17.5 Å². The summed E-state index contributed by atoms with van der Waals surface area (Å²) in [5, 5.41) is 2.17. The lowest BCUT2D eigenvalue weighted by molar-refractivity contribution is 0.0832. The highest BCUT2D eigenvalue weighted by atomic mass is 32.1. The third-order valence-corrected chi connectivity index (χ3v) is 5.41. The molecular weight excluding hydrogens is 240 g/mol. The molecule has 2 nitrogen and oxygen atoms in total. The SMILES string of the molecule is CCC(N)C(c1cccs1)N1CCC(C)C(C)C1. The first-order chi connectivity index (χ1) is 8.63. The Morgan fingerprint density at radius 3 is 2.78 bits per heavy atom. The minimum atomic E-state index is 0.254. The highest BCUT2D eigenvalue weighted by Crippen LogP contribution is 2.33. The van der Waals surface area contributed by atoms with Crippen molar-refractivity contribution in [2.24, 2.45) is 17.6 Å². The van der Waals surface area contributed by atoms with Gasteiger partial charge in [-0.25, -0.2) is 0 Å². The second kappa shape index (κ2) is 6.18. The highest BCUT2D eigenvalue weighted by Gasteiger charge is 2.31. The molecule has 4 unspecified atom stereocenters. The van der Waals surface area contributed by atoms with E-state index >= 15 is 0 Å². The number of likely N-dealkylation sites (tertiary alicyclic amines) is 1. The van der Waals surface area contributed by atoms with E-state index in [0.29, 0.717) is 6.04 Å². The van der Waals surface area contributed by atoms with Crippen LogP contribution in [0.25, 0.3) is 0 Å². The van der Waals surface area contributed by atoms with Crippen LogP contribution in [-0.4, -0.2) is 24.0 Å². The Morgan fingerprint density at radius 2 is 2.22 bits per heavy atom. The lowest BCUT2D eigenvalue weighted by atomic mass is 9.87. The molecule has 1 aromatic rings. The predicted molar refractivity (Wildman–Crippen MR) is 79.8 cm³/mol. The Kier molecular flexibility index (Phi) is 4.82. The molecule has 1 aliphatic rings. The summed E-state index contributed by atoms with van der Waals surface area (Å²) in [5.74, 6) is 1.63. The molecule has 1 aliphatic heterocycles. The Labute approximate surface area is 115 Å². The zero-order chi connectivity index (χ0) is 13.1. The lowest BCUT2D eigenvalue weighted by Crippen LogP contribution is -2.46. The van der Waals surface area contributed by atoms with Crippen LogP contribution in [0.4, 0.5) is 0 Å². The second-order valence-electron chi connectivity index (χ2n) is 5.77. The number of hydrogen-bond acceptors (Lipinski definition) is 3. The first-order valence-corrected chi connectivity index (χ1v) is 8.04. The highest BCUT2D eigenvalue weighted by molar-refractivity contribution is 7.10. The smallest absolute Gasteiger partial charge is 0.0593 e. The molecule has 0 spiro atoms. The van der Waals surface area contributed by atoms with Crippen molar-refractivity contribution in [2.75, 3.05) is 13.1 Å². The van der Waals surface area contributed by atoms with Crippen LogP contribution in [0.1, 0.15) is 44.5 Å². The number of thiophene rings is 1. The molecule has 1 aromatic heterocycles. The zero-order valence-corrected chi connectivity index (χ0v) is 12.6. The van der Waals surface area contributed by atoms with Crippen LogP contribution in [0.2, 0.25) is 0 Å². The fourth-order valence-electron chi connectivity index (χ4n) is 2.89. The molecule has 2 heterocycles. The van der Waals surface area contributed by atoms with Gasteiger partial charge in [0.1, 0.15) is 0 Å². The lowest BCUT2D eigenvalue weighted by Gasteiger charge is -2.41. The summed E-state index contributed by atoms with van der Waals surface area (Å²) in [5.41, 5.74) is 6.38. The van der Waals surface area contributed by atoms with Gasteiger partial charge >= 0.3 is 0 Å². The maximum absolute atomic E-state index is 6.38. The summed E-state index contributed by atoms with van der Waals surface area (Å²) in [6.45, 7) is 9.34. The van der Waals surface area contributed by atoms with Gasteiger partial charge in [-0.2, -0.15) is 0 Å². The van der Waals surface area contributed by atoms with Gasteiger partial charge in [0.2, 0.25) is 0 Å². The fourth-order valence-corrected chi connectivity index (χ4v) is 3.83. The predicted octanol–water partition coefficient (Wildman–Crippen LogP) is 3.50. The van der Waals surface area contributed by atoms with Crippen LogP contribution in [0, 0.1) is 11.8 Å². The van der Waals surface area contributed by atoms with Gasteiger partial charge in [-0.05, 0) is 42.7 Å². The quantitative estimate of drug-likeness (QED) is 0.903. The minimum Gasteiger partial charge on any atom is -0.326 e. The normalized spacial score (nSPS) is 29.1.